The standard InChI is InChI=1S/C28H28N2O3/c1-32-25-15-16-26(27(18-25)33-2)28(31)30(20-23-12-7-4-8-13-23)21-24-14-9-17-29(24)19-22-10-5-3-6-11-22/h3-18H,19-21H2,1-2H3. The molecule has 0 bridgehead atoms. The molecule has 168 valence electrons. The number of carbonyl (C=O) groups is 1. The molecule has 3 aromatic carbocycles. The molecule has 0 aliphatic heterocycles. The van der Waals surface area contributed by atoms with Crippen molar-refractivity contribution >= 4 is 5.91 Å². The van der Waals surface area contributed by atoms with E-state index in [0.717, 1.165) is 17.8 Å². The molecule has 4 aromatic rings. The molecule has 33 heavy (non-hydrogen) atoms. The molecule has 5 nitrogen and oxygen atoms in total. The third-order valence-electron chi connectivity index (χ3n) is 5.61. The minimum absolute atomic E-state index is 0.0918. The van der Waals surface area contributed by atoms with Crippen LogP contribution in [0.2, 0.25) is 0 Å². The summed E-state index contributed by atoms with van der Waals surface area (Å²) in [6.45, 7) is 1.72. The number of aromatic nitrogens is 1. The Balaban J connectivity index is 1.64. The second-order valence-corrected chi connectivity index (χ2v) is 7.83. The van der Waals surface area contributed by atoms with Gasteiger partial charge in [0.05, 0.1) is 26.3 Å². The molecule has 1 heterocycles. The molecule has 0 fully saturated rings. The van der Waals surface area contributed by atoms with Gasteiger partial charge in [0.2, 0.25) is 0 Å². The Morgan fingerprint density at radius 1 is 0.788 bits per heavy atom. The first-order chi connectivity index (χ1) is 16.2. The van der Waals surface area contributed by atoms with Crippen molar-refractivity contribution in [1.82, 2.24) is 9.47 Å². The van der Waals surface area contributed by atoms with Crippen molar-refractivity contribution in [3.8, 4) is 11.5 Å². The number of methoxy groups -OCH3 is 2. The van der Waals surface area contributed by atoms with Crippen molar-refractivity contribution in [2.45, 2.75) is 19.6 Å². The van der Waals surface area contributed by atoms with E-state index in [2.05, 4.69) is 29.0 Å². The van der Waals surface area contributed by atoms with Gasteiger partial charge in [0.1, 0.15) is 11.5 Å². The summed E-state index contributed by atoms with van der Waals surface area (Å²) in [5.41, 5.74) is 3.86. The van der Waals surface area contributed by atoms with Crippen molar-refractivity contribution < 1.29 is 14.3 Å². The van der Waals surface area contributed by atoms with Gasteiger partial charge in [0.15, 0.2) is 0 Å². The highest BCUT2D eigenvalue weighted by Crippen LogP contribution is 2.27. The molecule has 0 aliphatic carbocycles. The Bertz CT molecular complexity index is 1190. The van der Waals surface area contributed by atoms with Crippen LogP contribution in [0.15, 0.2) is 97.2 Å². The van der Waals surface area contributed by atoms with Gasteiger partial charge in [-0.3, -0.25) is 4.79 Å². The van der Waals surface area contributed by atoms with Crippen molar-refractivity contribution in [3.05, 3.63) is 120 Å². The molecule has 0 unspecified atom stereocenters. The minimum atomic E-state index is -0.0918. The Morgan fingerprint density at radius 3 is 2.15 bits per heavy atom. The molecule has 0 spiro atoms. The normalized spacial score (nSPS) is 10.6. The average molecular weight is 441 g/mol. The summed E-state index contributed by atoms with van der Waals surface area (Å²) in [6.07, 6.45) is 2.06. The zero-order chi connectivity index (χ0) is 23.0. The van der Waals surface area contributed by atoms with Crippen molar-refractivity contribution in [3.63, 3.8) is 0 Å². The first-order valence-corrected chi connectivity index (χ1v) is 10.9. The van der Waals surface area contributed by atoms with Crippen molar-refractivity contribution in [2.75, 3.05) is 14.2 Å². The molecule has 0 aliphatic rings. The van der Waals surface area contributed by atoms with Crippen LogP contribution < -0.4 is 9.47 Å². The zero-order valence-corrected chi connectivity index (χ0v) is 19.0. The number of ether oxygens (including phenoxy) is 2. The highest BCUT2D eigenvalue weighted by atomic mass is 16.5. The van der Waals surface area contributed by atoms with Crippen molar-refractivity contribution in [1.29, 1.82) is 0 Å². The van der Waals surface area contributed by atoms with Crippen LogP contribution >= 0.6 is 0 Å². The van der Waals surface area contributed by atoms with E-state index < -0.39 is 0 Å². The summed E-state index contributed by atoms with van der Waals surface area (Å²) in [4.78, 5) is 15.6. The molecule has 4 rings (SSSR count). The van der Waals surface area contributed by atoms with E-state index in [1.807, 2.05) is 59.5 Å². The first kappa shape index (κ1) is 22.2. The predicted octanol–water partition coefficient (Wildman–Crippen LogP) is 5.40. The van der Waals surface area contributed by atoms with Gasteiger partial charge >= 0.3 is 0 Å². The van der Waals surface area contributed by atoms with E-state index in [0.29, 0.717) is 30.2 Å². The van der Waals surface area contributed by atoms with Gasteiger partial charge in [-0.05, 0) is 35.4 Å². The maximum absolute atomic E-state index is 13.7. The van der Waals surface area contributed by atoms with Gasteiger partial charge in [-0.15, -0.1) is 0 Å². The van der Waals surface area contributed by atoms with Crippen LogP contribution in [-0.2, 0) is 19.6 Å². The monoisotopic (exact) mass is 440 g/mol. The smallest absolute Gasteiger partial charge is 0.258 e. The average Bonchev–Trinajstić information content (AvgIpc) is 3.30. The third-order valence-corrected chi connectivity index (χ3v) is 5.61. The van der Waals surface area contributed by atoms with Crippen LogP contribution in [0.5, 0.6) is 11.5 Å². The van der Waals surface area contributed by atoms with Crippen LogP contribution in [0.4, 0.5) is 0 Å². The third kappa shape index (κ3) is 5.44. The Hall–Kier alpha value is -3.99. The van der Waals surface area contributed by atoms with Crippen LogP contribution in [0.1, 0.15) is 27.2 Å². The number of nitrogens with zero attached hydrogens (tertiary/aromatic N) is 2. The second kappa shape index (κ2) is 10.6. The lowest BCUT2D eigenvalue weighted by molar-refractivity contribution is 0.0722. The number of amides is 1. The van der Waals surface area contributed by atoms with E-state index in [1.165, 1.54) is 5.56 Å². The highest BCUT2D eigenvalue weighted by molar-refractivity contribution is 5.97. The molecule has 0 saturated carbocycles. The lowest BCUT2D eigenvalue weighted by Crippen LogP contribution is -2.31. The maximum Gasteiger partial charge on any atom is 0.258 e. The van der Waals surface area contributed by atoms with Gasteiger partial charge in [-0.25, -0.2) is 0 Å². The molecule has 0 atom stereocenters. The summed E-state index contributed by atoms with van der Waals surface area (Å²) >= 11 is 0. The number of carbonyl (C=O) groups excluding carboxylic acids is 1. The molecule has 0 N–H and O–H groups in total. The van der Waals surface area contributed by atoms with Gasteiger partial charge in [0, 0.05) is 31.0 Å². The fraction of sp³-hybridized carbons (Fsp3) is 0.179. The SMILES string of the molecule is COc1ccc(C(=O)N(Cc2ccccc2)Cc2cccn2Cc2ccccc2)c(OC)c1. The van der Waals surface area contributed by atoms with Crippen LogP contribution in [0.3, 0.4) is 0 Å². The van der Waals surface area contributed by atoms with E-state index in [9.17, 15) is 4.79 Å². The van der Waals surface area contributed by atoms with Gasteiger partial charge in [-0.1, -0.05) is 60.7 Å². The molecule has 5 heteroatoms. The van der Waals surface area contributed by atoms with Crippen LogP contribution in [-0.4, -0.2) is 29.6 Å². The quantitative estimate of drug-likeness (QED) is 0.350. The lowest BCUT2D eigenvalue weighted by Gasteiger charge is -2.25. The summed E-state index contributed by atoms with van der Waals surface area (Å²) < 4.78 is 13.0. The van der Waals surface area contributed by atoms with Gasteiger partial charge in [0.25, 0.3) is 5.91 Å². The number of benzene rings is 3. The molecular weight excluding hydrogens is 412 g/mol. The largest absolute Gasteiger partial charge is 0.497 e. The Morgan fingerprint density at radius 2 is 1.48 bits per heavy atom. The van der Waals surface area contributed by atoms with E-state index >= 15 is 0 Å². The Labute approximate surface area is 194 Å². The molecule has 1 amide bonds. The van der Waals surface area contributed by atoms with E-state index in [1.54, 1.807) is 32.4 Å². The van der Waals surface area contributed by atoms with Gasteiger partial charge in [-0.2, -0.15) is 0 Å². The Kier molecular flexibility index (Phi) is 7.10. The number of hydrogen-bond donors (Lipinski definition) is 0. The highest BCUT2D eigenvalue weighted by Gasteiger charge is 2.22. The fourth-order valence-electron chi connectivity index (χ4n) is 3.87. The minimum Gasteiger partial charge on any atom is -0.497 e. The van der Waals surface area contributed by atoms with Crippen LogP contribution in [0, 0.1) is 0 Å². The molecular formula is C28H28N2O3. The topological polar surface area (TPSA) is 43.7 Å². The summed E-state index contributed by atoms with van der Waals surface area (Å²) in [5.74, 6) is 1.05. The molecule has 0 saturated heterocycles. The number of rotatable bonds is 9. The van der Waals surface area contributed by atoms with Crippen LogP contribution in [0.25, 0.3) is 0 Å². The molecule has 1 aromatic heterocycles. The first-order valence-electron chi connectivity index (χ1n) is 10.9. The lowest BCUT2D eigenvalue weighted by atomic mass is 10.1. The summed E-state index contributed by atoms with van der Waals surface area (Å²) in [5, 5.41) is 0. The van der Waals surface area contributed by atoms with Gasteiger partial charge < -0.3 is 18.9 Å². The zero-order valence-electron chi connectivity index (χ0n) is 19.0. The van der Waals surface area contributed by atoms with Crippen molar-refractivity contribution in [2.24, 2.45) is 0 Å². The second-order valence-electron chi connectivity index (χ2n) is 7.83. The maximum atomic E-state index is 13.7. The van der Waals surface area contributed by atoms with E-state index in [-0.39, 0.29) is 5.91 Å². The van der Waals surface area contributed by atoms with E-state index in [4.69, 9.17) is 9.47 Å². The predicted molar refractivity (Wildman–Crippen MR) is 130 cm³/mol. The summed E-state index contributed by atoms with van der Waals surface area (Å²) in [6, 6.07) is 29.7. The molecule has 0 radical (unpaired) electrons. The fourth-order valence-corrected chi connectivity index (χ4v) is 3.87. The number of hydrogen-bond acceptors (Lipinski definition) is 3. The summed E-state index contributed by atoms with van der Waals surface area (Å²) in [7, 11) is 3.16.